The number of esters is 1. The molecule has 0 aromatic rings. The van der Waals surface area contributed by atoms with Crippen molar-refractivity contribution in [2.45, 2.75) is 33.0 Å². The molecule has 11 heavy (non-hydrogen) atoms. The van der Waals surface area contributed by atoms with Gasteiger partial charge in [0.1, 0.15) is 0 Å². The molecule has 0 spiro atoms. The van der Waals surface area contributed by atoms with E-state index < -0.39 is 18.2 Å². The van der Waals surface area contributed by atoms with Crippen LogP contribution in [0.15, 0.2) is 0 Å². The molecule has 1 saturated heterocycles. The van der Waals surface area contributed by atoms with Crippen LogP contribution in [0.4, 0.5) is 0 Å². The summed E-state index contributed by atoms with van der Waals surface area (Å²) in [5.41, 5.74) is 0. The molecule has 64 valence electrons. The van der Waals surface area contributed by atoms with Crippen LogP contribution in [0.1, 0.15) is 20.8 Å². The molecule has 0 aromatic heterocycles. The fraction of sp³-hybridized carbons (Fsp3) is 0.833. The van der Waals surface area contributed by atoms with Crippen molar-refractivity contribution in [3.8, 4) is 0 Å². The maximum atomic E-state index is 10.4. The summed E-state index contributed by atoms with van der Waals surface area (Å²) in [5, 5.41) is 0. The highest BCUT2D eigenvalue weighted by atomic mass is 17.3. The Morgan fingerprint density at radius 2 is 2.18 bits per heavy atom. The Morgan fingerprint density at radius 1 is 1.55 bits per heavy atom. The summed E-state index contributed by atoms with van der Waals surface area (Å²) in [4.78, 5) is 19.5. The average Bonchev–Trinajstić information content (AvgIpc) is 2.08. The molecule has 0 saturated carbocycles. The summed E-state index contributed by atoms with van der Waals surface area (Å²) in [6.45, 7) is 3.52. The molecule has 0 aliphatic carbocycles. The Labute approximate surface area is 64.1 Å². The average molecular weight is 162 g/mol. The normalized spacial score (nSPS) is 28.5. The summed E-state index contributed by atoms with van der Waals surface area (Å²) in [7, 11) is 0. The van der Waals surface area contributed by atoms with E-state index in [0.717, 1.165) is 0 Å². The van der Waals surface area contributed by atoms with Gasteiger partial charge in [0.05, 0.1) is 0 Å². The maximum absolute atomic E-state index is 10.4. The maximum Gasteiger partial charge on any atom is 0.348 e. The van der Waals surface area contributed by atoms with Gasteiger partial charge in [0.2, 0.25) is 5.79 Å². The van der Waals surface area contributed by atoms with E-state index in [2.05, 4.69) is 14.5 Å². The topological polar surface area (TPSA) is 54.0 Å². The van der Waals surface area contributed by atoms with E-state index >= 15 is 0 Å². The van der Waals surface area contributed by atoms with Crippen molar-refractivity contribution in [2.24, 2.45) is 0 Å². The van der Waals surface area contributed by atoms with Gasteiger partial charge in [-0.25, -0.2) is 0 Å². The van der Waals surface area contributed by atoms with Gasteiger partial charge in [-0.1, -0.05) is 0 Å². The lowest BCUT2D eigenvalue weighted by Gasteiger charge is -2.11. The van der Waals surface area contributed by atoms with E-state index in [1.807, 2.05) is 0 Å². The SMILES string of the molecule is CC(=O)OC1OOC(C)(C)O1. The van der Waals surface area contributed by atoms with Gasteiger partial charge in [-0.3, -0.25) is 9.53 Å². The molecule has 0 radical (unpaired) electrons. The van der Waals surface area contributed by atoms with Crippen LogP contribution in [0, 0.1) is 0 Å². The molecule has 0 aromatic carbocycles. The number of ether oxygens (including phenoxy) is 2. The summed E-state index contributed by atoms with van der Waals surface area (Å²) in [5.74, 6) is -1.32. The first kappa shape index (κ1) is 8.45. The van der Waals surface area contributed by atoms with E-state index in [0.29, 0.717) is 0 Å². The van der Waals surface area contributed by atoms with Crippen molar-refractivity contribution in [3.63, 3.8) is 0 Å². The minimum Gasteiger partial charge on any atom is -0.408 e. The summed E-state index contributed by atoms with van der Waals surface area (Å²) >= 11 is 0. The van der Waals surface area contributed by atoms with Crippen molar-refractivity contribution in [1.82, 2.24) is 0 Å². The zero-order valence-electron chi connectivity index (χ0n) is 6.62. The van der Waals surface area contributed by atoms with Gasteiger partial charge in [0, 0.05) is 6.92 Å². The number of carbonyl (C=O) groups is 1. The molecular weight excluding hydrogens is 152 g/mol. The lowest BCUT2D eigenvalue weighted by atomic mass is 10.4. The van der Waals surface area contributed by atoms with Crippen molar-refractivity contribution in [2.75, 3.05) is 0 Å². The fourth-order valence-corrected chi connectivity index (χ4v) is 0.605. The number of carbonyl (C=O) groups excluding carboxylic acids is 1. The molecule has 5 nitrogen and oxygen atoms in total. The number of rotatable bonds is 1. The summed E-state index contributed by atoms with van der Waals surface area (Å²) < 4.78 is 9.51. The van der Waals surface area contributed by atoms with Gasteiger partial charge in [-0.15, -0.1) is 0 Å². The molecule has 1 aliphatic heterocycles. The second-order valence-corrected chi connectivity index (χ2v) is 2.60. The Morgan fingerprint density at radius 3 is 2.55 bits per heavy atom. The van der Waals surface area contributed by atoms with Crippen molar-refractivity contribution in [3.05, 3.63) is 0 Å². The van der Waals surface area contributed by atoms with Crippen LogP contribution in [-0.2, 0) is 24.0 Å². The number of hydrogen-bond acceptors (Lipinski definition) is 5. The van der Waals surface area contributed by atoms with Gasteiger partial charge >= 0.3 is 12.4 Å². The molecule has 5 heteroatoms. The Balaban J connectivity index is 2.36. The number of hydrogen-bond donors (Lipinski definition) is 0. The summed E-state index contributed by atoms with van der Waals surface area (Å²) in [6.07, 6.45) is 0. The molecule has 1 aliphatic rings. The van der Waals surface area contributed by atoms with Crippen LogP contribution in [0.25, 0.3) is 0 Å². The van der Waals surface area contributed by atoms with E-state index in [9.17, 15) is 4.79 Å². The predicted octanol–water partition coefficient (Wildman–Crippen LogP) is 0.548. The molecule has 1 atom stereocenters. The van der Waals surface area contributed by atoms with Crippen molar-refractivity contribution >= 4 is 5.97 Å². The lowest BCUT2D eigenvalue weighted by Crippen LogP contribution is -2.23. The van der Waals surface area contributed by atoms with Crippen LogP contribution in [0.3, 0.4) is 0 Å². The first-order valence-corrected chi connectivity index (χ1v) is 3.19. The quantitative estimate of drug-likeness (QED) is 0.416. The highest BCUT2D eigenvalue weighted by molar-refractivity contribution is 5.65. The largest absolute Gasteiger partial charge is 0.408 e. The third-order valence-corrected chi connectivity index (χ3v) is 0.970. The molecular formula is C6H10O5. The Hall–Kier alpha value is -0.650. The smallest absolute Gasteiger partial charge is 0.348 e. The molecule has 1 heterocycles. The predicted molar refractivity (Wildman–Crippen MR) is 32.9 cm³/mol. The molecule has 1 fully saturated rings. The van der Waals surface area contributed by atoms with E-state index in [4.69, 9.17) is 4.74 Å². The minimum atomic E-state index is -1.04. The van der Waals surface area contributed by atoms with Gasteiger partial charge < -0.3 is 4.74 Å². The molecule has 1 unspecified atom stereocenters. The van der Waals surface area contributed by atoms with E-state index in [1.165, 1.54) is 6.92 Å². The van der Waals surface area contributed by atoms with Crippen LogP contribution in [0.2, 0.25) is 0 Å². The lowest BCUT2D eigenvalue weighted by molar-refractivity contribution is -0.351. The molecule has 1 rings (SSSR count). The summed E-state index contributed by atoms with van der Waals surface area (Å²) in [6, 6.07) is 0. The van der Waals surface area contributed by atoms with Crippen LogP contribution < -0.4 is 0 Å². The van der Waals surface area contributed by atoms with E-state index in [1.54, 1.807) is 13.8 Å². The molecule has 0 N–H and O–H groups in total. The minimum absolute atomic E-state index is 0.476. The molecule has 0 bridgehead atoms. The third-order valence-electron chi connectivity index (χ3n) is 0.970. The zero-order chi connectivity index (χ0) is 8.48. The fourth-order valence-electron chi connectivity index (χ4n) is 0.605. The van der Waals surface area contributed by atoms with Gasteiger partial charge in [-0.2, -0.15) is 9.78 Å². The first-order valence-electron chi connectivity index (χ1n) is 3.19. The third kappa shape index (κ3) is 2.45. The second-order valence-electron chi connectivity index (χ2n) is 2.60. The Kier molecular flexibility index (Phi) is 2.12. The van der Waals surface area contributed by atoms with E-state index in [-0.39, 0.29) is 0 Å². The van der Waals surface area contributed by atoms with Crippen molar-refractivity contribution in [1.29, 1.82) is 0 Å². The zero-order valence-corrected chi connectivity index (χ0v) is 6.62. The van der Waals surface area contributed by atoms with Crippen LogP contribution in [-0.4, -0.2) is 18.2 Å². The Bertz CT molecular complexity index is 164. The van der Waals surface area contributed by atoms with Crippen LogP contribution in [0.5, 0.6) is 0 Å². The van der Waals surface area contributed by atoms with Gasteiger partial charge in [0.15, 0.2) is 0 Å². The highest BCUT2D eigenvalue weighted by Crippen LogP contribution is 2.23. The first-order chi connectivity index (χ1) is 4.99. The second kappa shape index (κ2) is 2.77. The monoisotopic (exact) mass is 162 g/mol. The highest BCUT2D eigenvalue weighted by Gasteiger charge is 2.36. The van der Waals surface area contributed by atoms with Gasteiger partial charge in [0.25, 0.3) is 0 Å². The molecule has 0 amide bonds. The van der Waals surface area contributed by atoms with Gasteiger partial charge in [-0.05, 0) is 13.8 Å². The standard InChI is InChI=1S/C6H10O5/c1-4(7)8-5-9-6(2,3)11-10-5/h5H,1-3H3. The van der Waals surface area contributed by atoms with Crippen molar-refractivity contribution < 1.29 is 24.0 Å². The van der Waals surface area contributed by atoms with Crippen LogP contribution >= 0.6 is 0 Å².